The van der Waals surface area contributed by atoms with Crippen LogP contribution in [0.1, 0.15) is 34.1 Å². The molecule has 0 bridgehead atoms. The Balaban J connectivity index is 3.70. The van der Waals surface area contributed by atoms with Crippen molar-refractivity contribution in [3.8, 4) is 0 Å². The lowest BCUT2D eigenvalue weighted by molar-refractivity contribution is 0.272. The molecule has 0 amide bonds. The minimum Gasteiger partial charge on any atom is -0.329 e. The molecule has 0 saturated carbocycles. The van der Waals surface area contributed by atoms with Crippen LogP contribution in [0.25, 0.3) is 0 Å². The standard InChI is InChI=1S/C11H27N3/c1-5-11(4,10-12)13-8-9-14(6-2)7-3/h13H,5-10,12H2,1-4H3. The molecular formula is C11H27N3. The Morgan fingerprint density at radius 2 is 1.79 bits per heavy atom. The van der Waals surface area contributed by atoms with Crippen LogP contribution in [0.3, 0.4) is 0 Å². The zero-order chi connectivity index (χ0) is 11.0. The van der Waals surface area contributed by atoms with Crippen LogP contribution in [-0.2, 0) is 0 Å². The van der Waals surface area contributed by atoms with E-state index in [1.165, 1.54) is 0 Å². The first-order valence-corrected chi connectivity index (χ1v) is 5.79. The minimum atomic E-state index is 0.118. The van der Waals surface area contributed by atoms with Crippen molar-refractivity contribution in [3.05, 3.63) is 0 Å². The van der Waals surface area contributed by atoms with Gasteiger partial charge in [0.1, 0.15) is 0 Å². The average molecular weight is 201 g/mol. The second kappa shape index (κ2) is 7.21. The van der Waals surface area contributed by atoms with Crippen LogP contribution in [0.4, 0.5) is 0 Å². The van der Waals surface area contributed by atoms with Crippen LogP contribution in [0.2, 0.25) is 0 Å². The molecule has 0 heterocycles. The summed E-state index contributed by atoms with van der Waals surface area (Å²) in [6.07, 6.45) is 1.09. The molecule has 0 aromatic carbocycles. The van der Waals surface area contributed by atoms with Crippen molar-refractivity contribution >= 4 is 0 Å². The zero-order valence-electron chi connectivity index (χ0n) is 10.3. The van der Waals surface area contributed by atoms with Gasteiger partial charge in [-0.25, -0.2) is 0 Å². The highest BCUT2D eigenvalue weighted by atomic mass is 15.1. The van der Waals surface area contributed by atoms with Crippen molar-refractivity contribution in [1.82, 2.24) is 10.2 Å². The van der Waals surface area contributed by atoms with Crippen molar-refractivity contribution < 1.29 is 0 Å². The second-order valence-corrected chi connectivity index (χ2v) is 4.07. The summed E-state index contributed by atoms with van der Waals surface area (Å²) in [5.41, 5.74) is 5.84. The van der Waals surface area contributed by atoms with E-state index in [0.29, 0.717) is 6.54 Å². The Labute approximate surface area is 89.0 Å². The summed E-state index contributed by atoms with van der Waals surface area (Å²) in [7, 11) is 0. The van der Waals surface area contributed by atoms with Gasteiger partial charge in [0.2, 0.25) is 0 Å². The van der Waals surface area contributed by atoms with Gasteiger partial charge in [0.25, 0.3) is 0 Å². The van der Waals surface area contributed by atoms with Gasteiger partial charge >= 0.3 is 0 Å². The molecule has 0 aromatic rings. The van der Waals surface area contributed by atoms with Gasteiger partial charge in [0, 0.05) is 25.2 Å². The van der Waals surface area contributed by atoms with Crippen LogP contribution in [-0.4, -0.2) is 43.2 Å². The predicted molar refractivity (Wildman–Crippen MR) is 63.5 cm³/mol. The summed E-state index contributed by atoms with van der Waals surface area (Å²) < 4.78 is 0. The molecule has 3 heteroatoms. The van der Waals surface area contributed by atoms with Gasteiger partial charge in [-0.1, -0.05) is 20.8 Å². The first-order valence-electron chi connectivity index (χ1n) is 5.79. The van der Waals surface area contributed by atoms with Gasteiger partial charge in [0.15, 0.2) is 0 Å². The van der Waals surface area contributed by atoms with Crippen LogP contribution in [0, 0.1) is 0 Å². The first-order chi connectivity index (χ1) is 6.61. The normalized spacial score (nSPS) is 15.9. The second-order valence-electron chi connectivity index (χ2n) is 4.07. The van der Waals surface area contributed by atoms with Gasteiger partial charge in [-0.2, -0.15) is 0 Å². The van der Waals surface area contributed by atoms with Crippen molar-refractivity contribution in [2.75, 3.05) is 32.7 Å². The topological polar surface area (TPSA) is 41.3 Å². The summed E-state index contributed by atoms with van der Waals surface area (Å²) in [6.45, 7) is 13.9. The smallest absolute Gasteiger partial charge is 0.0273 e. The molecule has 3 nitrogen and oxygen atoms in total. The number of rotatable bonds is 8. The molecule has 3 N–H and O–H groups in total. The van der Waals surface area contributed by atoms with Crippen molar-refractivity contribution in [3.63, 3.8) is 0 Å². The molecule has 0 aliphatic heterocycles. The maximum absolute atomic E-state index is 5.72. The lowest BCUT2D eigenvalue weighted by atomic mass is 9.99. The van der Waals surface area contributed by atoms with E-state index in [-0.39, 0.29) is 5.54 Å². The molecule has 86 valence electrons. The third-order valence-electron chi connectivity index (χ3n) is 3.11. The van der Waals surface area contributed by atoms with Crippen molar-refractivity contribution in [1.29, 1.82) is 0 Å². The molecule has 0 aromatic heterocycles. The number of nitrogens with zero attached hydrogens (tertiary/aromatic N) is 1. The van der Waals surface area contributed by atoms with Crippen LogP contribution in [0.5, 0.6) is 0 Å². The average Bonchev–Trinajstić information content (AvgIpc) is 2.24. The first kappa shape index (κ1) is 13.9. The molecule has 0 aliphatic carbocycles. The van der Waals surface area contributed by atoms with Gasteiger partial charge < -0.3 is 16.0 Å². The third-order valence-corrected chi connectivity index (χ3v) is 3.11. The van der Waals surface area contributed by atoms with E-state index in [9.17, 15) is 0 Å². The molecule has 0 saturated heterocycles. The SMILES string of the molecule is CCN(CC)CCNC(C)(CC)CN. The molecule has 0 aliphatic rings. The Kier molecular flexibility index (Phi) is 7.15. The van der Waals surface area contributed by atoms with E-state index in [2.05, 4.69) is 37.9 Å². The number of hydrogen-bond acceptors (Lipinski definition) is 3. The Morgan fingerprint density at radius 3 is 2.14 bits per heavy atom. The van der Waals surface area contributed by atoms with E-state index >= 15 is 0 Å². The summed E-state index contributed by atoms with van der Waals surface area (Å²) in [5.74, 6) is 0. The summed E-state index contributed by atoms with van der Waals surface area (Å²) in [4.78, 5) is 2.42. The molecule has 14 heavy (non-hydrogen) atoms. The highest BCUT2D eigenvalue weighted by Crippen LogP contribution is 2.05. The van der Waals surface area contributed by atoms with Gasteiger partial charge in [-0.05, 0) is 26.4 Å². The highest BCUT2D eigenvalue weighted by molar-refractivity contribution is 4.82. The Hall–Kier alpha value is -0.120. The van der Waals surface area contributed by atoms with E-state index < -0.39 is 0 Å². The molecule has 0 radical (unpaired) electrons. The summed E-state index contributed by atoms with van der Waals surface area (Å²) in [5, 5.41) is 3.53. The zero-order valence-corrected chi connectivity index (χ0v) is 10.3. The highest BCUT2D eigenvalue weighted by Gasteiger charge is 2.18. The lowest BCUT2D eigenvalue weighted by Crippen LogP contribution is -2.50. The van der Waals surface area contributed by atoms with Gasteiger partial charge in [-0.3, -0.25) is 0 Å². The third kappa shape index (κ3) is 4.94. The lowest BCUT2D eigenvalue weighted by Gasteiger charge is -2.29. The van der Waals surface area contributed by atoms with E-state index in [4.69, 9.17) is 5.73 Å². The van der Waals surface area contributed by atoms with Crippen molar-refractivity contribution in [2.24, 2.45) is 5.73 Å². The molecule has 0 spiro atoms. The molecule has 1 unspecified atom stereocenters. The van der Waals surface area contributed by atoms with Crippen LogP contribution < -0.4 is 11.1 Å². The van der Waals surface area contributed by atoms with E-state index in [0.717, 1.165) is 32.6 Å². The molecule has 1 atom stereocenters. The largest absolute Gasteiger partial charge is 0.329 e. The quantitative estimate of drug-likeness (QED) is 0.617. The number of nitrogens with two attached hydrogens (primary N) is 1. The fourth-order valence-corrected chi connectivity index (χ4v) is 1.40. The maximum Gasteiger partial charge on any atom is 0.0273 e. The molecule has 0 fully saturated rings. The van der Waals surface area contributed by atoms with E-state index in [1.807, 2.05) is 0 Å². The number of hydrogen-bond donors (Lipinski definition) is 2. The Morgan fingerprint density at radius 1 is 1.21 bits per heavy atom. The van der Waals surface area contributed by atoms with Crippen molar-refractivity contribution in [2.45, 2.75) is 39.7 Å². The van der Waals surface area contributed by atoms with Gasteiger partial charge in [-0.15, -0.1) is 0 Å². The number of likely N-dealkylation sites (N-methyl/N-ethyl adjacent to an activating group) is 1. The van der Waals surface area contributed by atoms with Crippen LogP contribution in [0.15, 0.2) is 0 Å². The predicted octanol–water partition coefficient (Wildman–Crippen LogP) is 1.05. The monoisotopic (exact) mass is 201 g/mol. The number of nitrogens with one attached hydrogen (secondary N) is 1. The minimum absolute atomic E-state index is 0.118. The molecular weight excluding hydrogens is 174 g/mol. The van der Waals surface area contributed by atoms with Crippen LogP contribution >= 0.6 is 0 Å². The summed E-state index contributed by atoms with van der Waals surface area (Å²) in [6, 6.07) is 0. The maximum atomic E-state index is 5.72. The Bertz CT molecular complexity index is 128. The molecule has 0 rings (SSSR count). The fourth-order valence-electron chi connectivity index (χ4n) is 1.40. The fraction of sp³-hybridized carbons (Fsp3) is 1.00. The summed E-state index contributed by atoms with van der Waals surface area (Å²) >= 11 is 0. The van der Waals surface area contributed by atoms with E-state index in [1.54, 1.807) is 0 Å². The van der Waals surface area contributed by atoms with Gasteiger partial charge in [0.05, 0.1) is 0 Å².